The van der Waals surface area contributed by atoms with Crippen LogP contribution in [-0.2, 0) is 6.54 Å². The number of benzene rings is 1. The maximum atomic E-state index is 4.29. The van der Waals surface area contributed by atoms with Gasteiger partial charge < -0.3 is 10.6 Å². The van der Waals surface area contributed by atoms with Crippen LogP contribution in [0.25, 0.3) is 0 Å². The fraction of sp³-hybridized carbons (Fsp3) is 0.412. The van der Waals surface area contributed by atoms with E-state index in [2.05, 4.69) is 55.8 Å². The third kappa shape index (κ3) is 3.95. The van der Waals surface area contributed by atoms with E-state index in [1.807, 2.05) is 13.1 Å². The van der Waals surface area contributed by atoms with Crippen LogP contribution in [0.3, 0.4) is 0 Å². The predicted molar refractivity (Wildman–Crippen MR) is 89.9 cm³/mol. The van der Waals surface area contributed by atoms with Crippen molar-refractivity contribution in [3.05, 3.63) is 48.3 Å². The fourth-order valence-electron chi connectivity index (χ4n) is 2.86. The monoisotopic (exact) mass is 297 g/mol. The van der Waals surface area contributed by atoms with Gasteiger partial charge in [0.1, 0.15) is 18.0 Å². The van der Waals surface area contributed by atoms with Crippen LogP contribution in [0.5, 0.6) is 0 Å². The molecule has 116 valence electrons. The van der Waals surface area contributed by atoms with Gasteiger partial charge in [-0.3, -0.25) is 4.90 Å². The van der Waals surface area contributed by atoms with Crippen LogP contribution in [0, 0.1) is 0 Å². The molecule has 1 saturated heterocycles. The van der Waals surface area contributed by atoms with Gasteiger partial charge in [0.2, 0.25) is 0 Å². The van der Waals surface area contributed by atoms with E-state index in [9.17, 15) is 0 Å². The van der Waals surface area contributed by atoms with Crippen molar-refractivity contribution in [2.75, 3.05) is 30.8 Å². The summed E-state index contributed by atoms with van der Waals surface area (Å²) in [6, 6.07) is 13.1. The Morgan fingerprint density at radius 3 is 2.55 bits per heavy atom. The highest BCUT2D eigenvalue weighted by Gasteiger charge is 2.19. The van der Waals surface area contributed by atoms with Gasteiger partial charge in [-0.15, -0.1) is 0 Å². The summed E-state index contributed by atoms with van der Waals surface area (Å²) in [5, 5.41) is 6.56. The van der Waals surface area contributed by atoms with Crippen molar-refractivity contribution in [3.63, 3.8) is 0 Å². The molecule has 0 radical (unpaired) electrons. The van der Waals surface area contributed by atoms with Crippen LogP contribution in [0.1, 0.15) is 18.4 Å². The quantitative estimate of drug-likeness (QED) is 0.888. The van der Waals surface area contributed by atoms with E-state index in [0.717, 1.165) is 44.1 Å². The first kappa shape index (κ1) is 14.8. The summed E-state index contributed by atoms with van der Waals surface area (Å²) in [4.78, 5) is 11.0. The average molecular weight is 297 g/mol. The second-order valence-corrected chi connectivity index (χ2v) is 5.72. The molecule has 2 aromatic rings. The molecule has 22 heavy (non-hydrogen) atoms. The number of hydrogen-bond acceptors (Lipinski definition) is 5. The molecule has 1 aliphatic rings. The Hall–Kier alpha value is -2.14. The third-order valence-corrected chi connectivity index (χ3v) is 4.11. The minimum atomic E-state index is 0.492. The minimum absolute atomic E-state index is 0.492. The van der Waals surface area contributed by atoms with E-state index in [4.69, 9.17) is 0 Å². The van der Waals surface area contributed by atoms with Crippen molar-refractivity contribution in [2.24, 2.45) is 0 Å². The van der Waals surface area contributed by atoms with E-state index < -0.39 is 0 Å². The third-order valence-electron chi connectivity index (χ3n) is 4.11. The van der Waals surface area contributed by atoms with Crippen LogP contribution in [0.2, 0.25) is 0 Å². The second-order valence-electron chi connectivity index (χ2n) is 5.72. The summed E-state index contributed by atoms with van der Waals surface area (Å²) >= 11 is 0. The first-order valence-corrected chi connectivity index (χ1v) is 7.86. The van der Waals surface area contributed by atoms with Crippen molar-refractivity contribution < 1.29 is 0 Å². The van der Waals surface area contributed by atoms with Crippen molar-refractivity contribution >= 4 is 11.6 Å². The zero-order valence-corrected chi connectivity index (χ0v) is 13.0. The first-order chi connectivity index (χ1) is 10.8. The molecule has 0 atom stereocenters. The average Bonchev–Trinajstić information content (AvgIpc) is 2.58. The minimum Gasteiger partial charge on any atom is -0.373 e. The normalized spacial score (nSPS) is 16.4. The molecule has 1 aromatic carbocycles. The number of anilines is 2. The zero-order chi connectivity index (χ0) is 15.2. The van der Waals surface area contributed by atoms with Crippen molar-refractivity contribution in [3.8, 4) is 0 Å². The molecule has 1 aromatic heterocycles. The molecule has 2 heterocycles. The van der Waals surface area contributed by atoms with Gasteiger partial charge in [0, 0.05) is 38.8 Å². The van der Waals surface area contributed by atoms with Crippen LogP contribution in [-0.4, -0.2) is 41.0 Å². The summed E-state index contributed by atoms with van der Waals surface area (Å²) in [6.07, 6.45) is 3.89. The van der Waals surface area contributed by atoms with Crippen LogP contribution < -0.4 is 10.6 Å². The molecule has 0 bridgehead atoms. The highest BCUT2D eigenvalue weighted by atomic mass is 15.2. The van der Waals surface area contributed by atoms with E-state index in [1.54, 1.807) is 6.33 Å². The Kier molecular flexibility index (Phi) is 4.85. The molecule has 0 unspecified atom stereocenters. The Bertz CT molecular complexity index is 579. The molecule has 0 amide bonds. The number of rotatable bonds is 5. The molecular formula is C17H23N5. The maximum Gasteiger partial charge on any atom is 0.131 e. The second kappa shape index (κ2) is 7.22. The van der Waals surface area contributed by atoms with E-state index >= 15 is 0 Å². The Morgan fingerprint density at radius 2 is 1.82 bits per heavy atom. The number of hydrogen-bond donors (Lipinski definition) is 2. The lowest BCUT2D eigenvalue weighted by Gasteiger charge is -2.32. The van der Waals surface area contributed by atoms with Gasteiger partial charge in [-0.05, 0) is 18.4 Å². The molecule has 0 aliphatic carbocycles. The van der Waals surface area contributed by atoms with Crippen molar-refractivity contribution in [1.29, 1.82) is 0 Å². The highest BCUT2D eigenvalue weighted by molar-refractivity contribution is 5.46. The Labute approximate surface area is 131 Å². The van der Waals surface area contributed by atoms with Crippen LogP contribution in [0.4, 0.5) is 11.6 Å². The van der Waals surface area contributed by atoms with Gasteiger partial charge in [0.15, 0.2) is 0 Å². The molecule has 2 N–H and O–H groups in total. The number of nitrogens with zero attached hydrogens (tertiary/aromatic N) is 3. The largest absolute Gasteiger partial charge is 0.373 e. The number of likely N-dealkylation sites (tertiary alicyclic amines) is 1. The molecule has 3 rings (SSSR count). The predicted octanol–water partition coefficient (Wildman–Crippen LogP) is 2.59. The van der Waals surface area contributed by atoms with Gasteiger partial charge >= 0.3 is 0 Å². The molecule has 0 spiro atoms. The van der Waals surface area contributed by atoms with Gasteiger partial charge in [-0.25, -0.2) is 9.97 Å². The summed E-state index contributed by atoms with van der Waals surface area (Å²) in [7, 11) is 1.87. The van der Waals surface area contributed by atoms with E-state index in [0.29, 0.717) is 6.04 Å². The number of aromatic nitrogens is 2. The summed E-state index contributed by atoms with van der Waals surface area (Å²) < 4.78 is 0. The first-order valence-electron chi connectivity index (χ1n) is 7.86. The zero-order valence-electron chi connectivity index (χ0n) is 13.0. The van der Waals surface area contributed by atoms with E-state index in [1.165, 1.54) is 5.56 Å². The summed E-state index contributed by atoms with van der Waals surface area (Å²) in [5.74, 6) is 1.75. The Balaban J connectivity index is 1.49. The maximum absolute atomic E-state index is 4.29. The lowest BCUT2D eigenvalue weighted by atomic mass is 10.0. The molecule has 5 nitrogen and oxygen atoms in total. The summed E-state index contributed by atoms with van der Waals surface area (Å²) in [6.45, 7) is 3.29. The van der Waals surface area contributed by atoms with Crippen molar-refractivity contribution in [2.45, 2.75) is 25.4 Å². The summed E-state index contributed by atoms with van der Waals surface area (Å²) in [5.41, 5.74) is 1.39. The van der Waals surface area contributed by atoms with Crippen LogP contribution >= 0.6 is 0 Å². The smallest absolute Gasteiger partial charge is 0.131 e. The molecule has 1 fully saturated rings. The standard InChI is InChI=1S/C17H23N5/c1-18-16-11-17(20-13-19-16)21-15-7-9-22(10-8-15)12-14-5-3-2-4-6-14/h2-6,11,13,15H,7-10,12H2,1H3,(H2,18,19,20,21). The van der Waals surface area contributed by atoms with Crippen molar-refractivity contribution in [1.82, 2.24) is 14.9 Å². The van der Waals surface area contributed by atoms with E-state index in [-0.39, 0.29) is 0 Å². The lowest BCUT2D eigenvalue weighted by molar-refractivity contribution is 0.211. The molecule has 5 heteroatoms. The molecule has 0 saturated carbocycles. The van der Waals surface area contributed by atoms with Gasteiger partial charge in [0.25, 0.3) is 0 Å². The molecule has 1 aliphatic heterocycles. The van der Waals surface area contributed by atoms with Gasteiger partial charge in [0.05, 0.1) is 0 Å². The van der Waals surface area contributed by atoms with Gasteiger partial charge in [-0.1, -0.05) is 30.3 Å². The van der Waals surface area contributed by atoms with Gasteiger partial charge in [-0.2, -0.15) is 0 Å². The topological polar surface area (TPSA) is 53.1 Å². The van der Waals surface area contributed by atoms with Crippen LogP contribution in [0.15, 0.2) is 42.7 Å². The lowest BCUT2D eigenvalue weighted by Crippen LogP contribution is -2.38. The SMILES string of the molecule is CNc1cc(NC2CCN(Cc3ccccc3)CC2)ncn1. The number of nitrogens with one attached hydrogen (secondary N) is 2. The molecular weight excluding hydrogens is 274 g/mol. The highest BCUT2D eigenvalue weighted by Crippen LogP contribution is 2.18. The number of piperidine rings is 1. The Morgan fingerprint density at radius 1 is 1.09 bits per heavy atom. The fourth-order valence-corrected chi connectivity index (χ4v) is 2.86.